The Hall–Kier alpha value is -3.50. The van der Waals surface area contributed by atoms with Gasteiger partial charge in [0.25, 0.3) is 0 Å². The van der Waals surface area contributed by atoms with E-state index in [0.29, 0.717) is 16.4 Å². The molecule has 7 heteroatoms. The average molecular weight is 345 g/mol. The van der Waals surface area contributed by atoms with Crippen molar-refractivity contribution in [2.24, 2.45) is 10.2 Å². The molecule has 0 aliphatic rings. The van der Waals surface area contributed by atoms with Gasteiger partial charge in [-0.3, -0.25) is 0 Å². The van der Waals surface area contributed by atoms with Crippen LogP contribution in [0.25, 0.3) is 21.3 Å². The maximum atomic E-state index is 9.99. The number of fused-ring (bicyclic) bond motifs is 1. The van der Waals surface area contributed by atoms with Crippen LogP contribution in [-0.4, -0.2) is 15.1 Å². The van der Waals surface area contributed by atoms with E-state index in [1.165, 1.54) is 11.3 Å². The van der Waals surface area contributed by atoms with E-state index in [-0.39, 0.29) is 5.88 Å². The molecule has 4 rings (SSSR count). The molecule has 4 aromatic rings. The number of aromatic hydroxyl groups is 1. The molecule has 2 aromatic carbocycles. The summed E-state index contributed by atoms with van der Waals surface area (Å²) in [5.74, 6) is -0.0196. The van der Waals surface area contributed by atoms with Gasteiger partial charge in [-0.05, 0) is 23.8 Å². The van der Waals surface area contributed by atoms with Gasteiger partial charge in [0.05, 0.1) is 22.0 Å². The summed E-state index contributed by atoms with van der Waals surface area (Å²) in [6.07, 6.45) is 1.72. The number of nitrogens with zero attached hydrogens (tertiary/aromatic N) is 4. The zero-order chi connectivity index (χ0) is 17.2. The van der Waals surface area contributed by atoms with Crippen molar-refractivity contribution in [1.29, 1.82) is 5.26 Å². The van der Waals surface area contributed by atoms with Crippen LogP contribution in [0.4, 0.5) is 10.8 Å². The summed E-state index contributed by atoms with van der Waals surface area (Å²) >= 11 is 1.39. The van der Waals surface area contributed by atoms with Crippen LogP contribution >= 0.6 is 11.3 Å². The minimum Gasteiger partial charge on any atom is -0.493 e. The lowest BCUT2D eigenvalue weighted by atomic mass is 10.1. The molecule has 2 aromatic heterocycles. The molecule has 2 heterocycles. The summed E-state index contributed by atoms with van der Waals surface area (Å²) in [6.45, 7) is 0. The van der Waals surface area contributed by atoms with Gasteiger partial charge in [-0.25, -0.2) is 4.98 Å². The Balaban J connectivity index is 1.63. The van der Waals surface area contributed by atoms with Crippen molar-refractivity contribution in [2.45, 2.75) is 0 Å². The molecule has 25 heavy (non-hydrogen) atoms. The molecule has 6 nitrogen and oxygen atoms in total. The van der Waals surface area contributed by atoms with Gasteiger partial charge in [-0.2, -0.15) is 5.26 Å². The normalized spacial score (nSPS) is 11.2. The van der Waals surface area contributed by atoms with Gasteiger partial charge < -0.3 is 10.1 Å². The third kappa shape index (κ3) is 2.86. The monoisotopic (exact) mass is 345 g/mol. The van der Waals surface area contributed by atoms with Crippen LogP contribution in [0.1, 0.15) is 5.56 Å². The number of benzene rings is 2. The molecule has 0 radical (unpaired) electrons. The average Bonchev–Trinajstić information content (AvgIpc) is 3.24. The Morgan fingerprint density at radius 2 is 1.88 bits per heavy atom. The molecule has 0 unspecified atom stereocenters. The maximum Gasteiger partial charge on any atom is 0.230 e. The molecular weight excluding hydrogens is 334 g/mol. The van der Waals surface area contributed by atoms with Crippen molar-refractivity contribution in [3.8, 4) is 22.4 Å². The molecule has 0 amide bonds. The third-order valence-corrected chi connectivity index (χ3v) is 4.62. The van der Waals surface area contributed by atoms with Crippen molar-refractivity contribution >= 4 is 33.1 Å². The van der Waals surface area contributed by atoms with E-state index in [1.54, 1.807) is 18.3 Å². The molecule has 0 bridgehead atoms. The quantitative estimate of drug-likeness (QED) is 0.494. The minimum absolute atomic E-state index is 0.0196. The van der Waals surface area contributed by atoms with E-state index in [1.807, 2.05) is 36.4 Å². The summed E-state index contributed by atoms with van der Waals surface area (Å²) in [4.78, 5) is 8.04. The standard InChI is InChI=1S/C18H11N5OS/c19-9-11-5-7-12(8-6-11)15-10-20-18(25-15)23-22-16-13-3-1-2-4-14(13)21-17(16)24/h1-8,10,21,24H. The first-order valence-electron chi connectivity index (χ1n) is 7.42. The van der Waals surface area contributed by atoms with E-state index in [0.717, 1.165) is 21.3 Å². The molecule has 0 saturated carbocycles. The van der Waals surface area contributed by atoms with Crippen LogP contribution < -0.4 is 0 Å². The van der Waals surface area contributed by atoms with Crippen LogP contribution in [-0.2, 0) is 0 Å². The highest BCUT2D eigenvalue weighted by Gasteiger charge is 2.10. The number of rotatable bonds is 3. The van der Waals surface area contributed by atoms with Crippen molar-refractivity contribution < 1.29 is 5.11 Å². The van der Waals surface area contributed by atoms with E-state index in [4.69, 9.17) is 5.26 Å². The van der Waals surface area contributed by atoms with Gasteiger partial charge in [0.1, 0.15) is 0 Å². The summed E-state index contributed by atoms with van der Waals surface area (Å²) in [5.41, 5.74) is 2.77. The van der Waals surface area contributed by atoms with Crippen LogP contribution in [0.3, 0.4) is 0 Å². The highest BCUT2D eigenvalue weighted by atomic mass is 32.1. The summed E-state index contributed by atoms with van der Waals surface area (Å²) < 4.78 is 0. The highest BCUT2D eigenvalue weighted by molar-refractivity contribution is 7.18. The predicted octanol–water partition coefficient (Wildman–Crippen LogP) is 5.28. The molecule has 0 aliphatic heterocycles. The first-order valence-corrected chi connectivity index (χ1v) is 8.24. The summed E-state index contributed by atoms with van der Waals surface area (Å²) in [6, 6.07) is 16.9. The van der Waals surface area contributed by atoms with Crippen molar-refractivity contribution in [1.82, 2.24) is 9.97 Å². The van der Waals surface area contributed by atoms with Gasteiger partial charge in [0.2, 0.25) is 11.0 Å². The van der Waals surface area contributed by atoms with Gasteiger partial charge in [0, 0.05) is 11.6 Å². The van der Waals surface area contributed by atoms with Gasteiger partial charge >= 0.3 is 0 Å². The molecule has 0 atom stereocenters. The van der Waals surface area contributed by atoms with Gasteiger partial charge in [-0.15, -0.1) is 10.2 Å². The third-order valence-electron chi connectivity index (χ3n) is 3.69. The molecule has 0 aliphatic carbocycles. The molecule has 120 valence electrons. The minimum atomic E-state index is -0.0196. The largest absolute Gasteiger partial charge is 0.493 e. The topological polar surface area (TPSA) is 97.4 Å². The SMILES string of the molecule is N#Cc1ccc(-c2cnc(N=Nc3c(O)[nH]c4ccccc34)s2)cc1. The van der Waals surface area contributed by atoms with E-state index in [2.05, 4.69) is 26.3 Å². The Kier molecular flexibility index (Phi) is 3.72. The lowest BCUT2D eigenvalue weighted by Crippen LogP contribution is -1.74. The number of para-hydroxylation sites is 1. The first-order chi connectivity index (χ1) is 12.2. The zero-order valence-electron chi connectivity index (χ0n) is 12.8. The Bertz CT molecular complexity index is 1120. The lowest BCUT2D eigenvalue weighted by molar-refractivity contribution is 0.459. The van der Waals surface area contributed by atoms with E-state index < -0.39 is 0 Å². The Morgan fingerprint density at radius 1 is 1.08 bits per heavy atom. The smallest absolute Gasteiger partial charge is 0.230 e. The predicted molar refractivity (Wildman–Crippen MR) is 96.4 cm³/mol. The number of aromatic amines is 1. The molecule has 2 N–H and O–H groups in total. The van der Waals surface area contributed by atoms with Crippen molar-refractivity contribution in [3.05, 3.63) is 60.3 Å². The van der Waals surface area contributed by atoms with E-state index >= 15 is 0 Å². The van der Waals surface area contributed by atoms with Crippen molar-refractivity contribution in [2.75, 3.05) is 0 Å². The molecule has 0 fully saturated rings. The molecule has 0 spiro atoms. The van der Waals surface area contributed by atoms with Crippen LogP contribution in [0.15, 0.2) is 65.0 Å². The fraction of sp³-hybridized carbons (Fsp3) is 0. The Labute approximate surface area is 146 Å². The number of azo groups is 1. The Morgan fingerprint density at radius 3 is 2.68 bits per heavy atom. The molecule has 0 saturated heterocycles. The summed E-state index contributed by atoms with van der Waals surface area (Å²) in [5, 5.41) is 28.4. The fourth-order valence-corrected chi connectivity index (χ4v) is 3.20. The molecular formula is C18H11N5OS. The highest BCUT2D eigenvalue weighted by Crippen LogP contribution is 2.37. The number of nitrogens with one attached hydrogen (secondary N) is 1. The zero-order valence-corrected chi connectivity index (χ0v) is 13.7. The first kappa shape index (κ1) is 15.1. The number of aromatic nitrogens is 2. The van der Waals surface area contributed by atoms with Gasteiger partial charge in [0.15, 0.2) is 5.69 Å². The number of thiazole rings is 1. The number of hydrogen-bond acceptors (Lipinski definition) is 6. The van der Waals surface area contributed by atoms with Crippen LogP contribution in [0, 0.1) is 11.3 Å². The summed E-state index contributed by atoms with van der Waals surface area (Å²) in [7, 11) is 0. The second-order valence-electron chi connectivity index (χ2n) is 5.26. The lowest BCUT2D eigenvalue weighted by Gasteiger charge is -1.95. The second-order valence-corrected chi connectivity index (χ2v) is 6.27. The van der Waals surface area contributed by atoms with Crippen molar-refractivity contribution in [3.63, 3.8) is 0 Å². The maximum absolute atomic E-state index is 9.99. The van der Waals surface area contributed by atoms with Crippen LogP contribution in [0.5, 0.6) is 5.88 Å². The number of H-pyrrole nitrogens is 1. The number of nitriles is 1. The van der Waals surface area contributed by atoms with E-state index in [9.17, 15) is 5.11 Å². The van der Waals surface area contributed by atoms with Crippen LogP contribution in [0.2, 0.25) is 0 Å². The number of hydrogen-bond donors (Lipinski definition) is 2. The second kappa shape index (κ2) is 6.19. The fourth-order valence-electron chi connectivity index (χ4n) is 2.46. The van der Waals surface area contributed by atoms with Gasteiger partial charge in [-0.1, -0.05) is 41.7 Å².